The zero-order valence-electron chi connectivity index (χ0n) is 19.7. The van der Waals surface area contributed by atoms with E-state index in [9.17, 15) is 0 Å². The van der Waals surface area contributed by atoms with Crippen molar-refractivity contribution in [3.8, 4) is 0 Å². The fraction of sp³-hybridized carbons (Fsp3) is 0.565. The standard InChI is InChI=1S/C23H34N8O/c1-6-32-12-11-31-21-20(19(29-31)15(2)3)27-23(30-10-9-24-17(5)14-30)28-22(21)26-18-8-7-16(4)13-25-18/h7-8,13,15,17,24H,6,9-12,14H2,1-5H3,(H,25,26,27,28)/t17-/m1/s1. The van der Waals surface area contributed by atoms with Crippen LogP contribution in [-0.4, -0.2) is 63.6 Å². The minimum absolute atomic E-state index is 0.237. The number of nitrogens with one attached hydrogen (secondary N) is 2. The van der Waals surface area contributed by atoms with Gasteiger partial charge in [0.15, 0.2) is 5.82 Å². The van der Waals surface area contributed by atoms with Crippen molar-refractivity contribution >= 4 is 28.6 Å². The molecule has 0 aliphatic carbocycles. The van der Waals surface area contributed by atoms with Gasteiger partial charge in [-0.05, 0) is 38.3 Å². The van der Waals surface area contributed by atoms with E-state index in [1.165, 1.54) is 0 Å². The van der Waals surface area contributed by atoms with Crippen LogP contribution < -0.4 is 15.5 Å². The number of aromatic nitrogens is 5. The Morgan fingerprint density at radius 1 is 1.28 bits per heavy atom. The summed E-state index contributed by atoms with van der Waals surface area (Å²) in [6, 6.07) is 4.40. The van der Waals surface area contributed by atoms with Crippen molar-refractivity contribution in [2.24, 2.45) is 0 Å². The molecule has 2 N–H and O–H groups in total. The van der Waals surface area contributed by atoms with Crippen LogP contribution >= 0.6 is 0 Å². The Morgan fingerprint density at radius 3 is 2.81 bits per heavy atom. The number of fused-ring (bicyclic) bond motifs is 1. The summed E-state index contributed by atoms with van der Waals surface area (Å²) in [4.78, 5) is 16.8. The number of ether oxygens (including phenoxy) is 1. The Bertz CT molecular complexity index is 1050. The smallest absolute Gasteiger partial charge is 0.228 e. The van der Waals surface area contributed by atoms with Crippen molar-refractivity contribution in [3.05, 3.63) is 29.6 Å². The fourth-order valence-electron chi connectivity index (χ4n) is 3.95. The molecule has 0 radical (unpaired) electrons. The average Bonchev–Trinajstić information content (AvgIpc) is 3.15. The summed E-state index contributed by atoms with van der Waals surface area (Å²) in [7, 11) is 0. The number of pyridine rings is 1. The predicted molar refractivity (Wildman–Crippen MR) is 128 cm³/mol. The first-order valence-corrected chi connectivity index (χ1v) is 11.5. The Hall–Kier alpha value is -2.78. The highest BCUT2D eigenvalue weighted by Gasteiger charge is 2.24. The Kier molecular flexibility index (Phi) is 6.86. The number of rotatable bonds is 8. The lowest BCUT2D eigenvalue weighted by atomic mass is 10.1. The van der Waals surface area contributed by atoms with Crippen LogP contribution in [-0.2, 0) is 11.3 Å². The van der Waals surface area contributed by atoms with Gasteiger partial charge in [-0.15, -0.1) is 0 Å². The molecular weight excluding hydrogens is 404 g/mol. The minimum atomic E-state index is 0.237. The van der Waals surface area contributed by atoms with Crippen molar-refractivity contribution in [2.45, 2.75) is 53.1 Å². The van der Waals surface area contributed by atoms with Crippen molar-refractivity contribution in [1.29, 1.82) is 0 Å². The van der Waals surface area contributed by atoms with Crippen molar-refractivity contribution in [2.75, 3.05) is 43.1 Å². The molecule has 1 atom stereocenters. The van der Waals surface area contributed by atoms with Gasteiger partial charge in [0, 0.05) is 38.5 Å². The molecule has 1 fully saturated rings. The maximum atomic E-state index is 5.61. The number of nitrogens with zero attached hydrogens (tertiary/aromatic N) is 6. The van der Waals surface area contributed by atoms with Crippen LogP contribution in [0, 0.1) is 6.92 Å². The fourth-order valence-corrected chi connectivity index (χ4v) is 3.95. The number of hydrogen-bond donors (Lipinski definition) is 2. The third-order valence-electron chi connectivity index (χ3n) is 5.61. The summed E-state index contributed by atoms with van der Waals surface area (Å²) >= 11 is 0. The van der Waals surface area contributed by atoms with Crippen LogP contribution in [0.1, 0.15) is 44.9 Å². The third-order valence-corrected chi connectivity index (χ3v) is 5.61. The summed E-state index contributed by atoms with van der Waals surface area (Å²) < 4.78 is 7.58. The topological polar surface area (TPSA) is 93.0 Å². The number of piperazine rings is 1. The molecule has 32 heavy (non-hydrogen) atoms. The first-order valence-electron chi connectivity index (χ1n) is 11.5. The lowest BCUT2D eigenvalue weighted by molar-refractivity contribution is 0.137. The highest BCUT2D eigenvalue weighted by Crippen LogP contribution is 2.31. The van der Waals surface area contributed by atoms with E-state index in [0.29, 0.717) is 25.8 Å². The maximum absolute atomic E-state index is 5.61. The van der Waals surface area contributed by atoms with Crippen LogP contribution in [0.25, 0.3) is 11.0 Å². The summed E-state index contributed by atoms with van der Waals surface area (Å²) in [6.45, 7) is 15.1. The normalized spacial score (nSPS) is 16.8. The predicted octanol–water partition coefficient (Wildman–Crippen LogP) is 3.23. The van der Waals surface area contributed by atoms with Gasteiger partial charge in [-0.2, -0.15) is 10.1 Å². The molecular formula is C23H34N8O. The van der Waals surface area contributed by atoms with Gasteiger partial charge in [0.2, 0.25) is 5.95 Å². The molecule has 0 saturated carbocycles. The van der Waals surface area contributed by atoms with Crippen LogP contribution in [0.2, 0.25) is 0 Å². The molecule has 3 aromatic rings. The van der Waals surface area contributed by atoms with Crippen molar-refractivity contribution in [3.63, 3.8) is 0 Å². The van der Waals surface area contributed by atoms with Crippen LogP contribution in [0.15, 0.2) is 18.3 Å². The molecule has 172 valence electrons. The van der Waals surface area contributed by atoms with Gasteiger partial charge in [-0.3, -0.25) is 4.68 Å². The number of anilines is 3. The van der Waals surface area contributed by atoms with E-state index in [1.54, 1.807) is 0 Å². The van der Waals surface area contributed by atoms with Gasteiger partial charge in [0.1, 0.15) is 16.9 Å². The van der Waals surface area contributed by atoms with Gasteiger partial charge in [0.05, 0.1) is 18.8 Å². The van der Waals surface area contributed by atoms with Gasteiger partial charge >= 0.3 is 0 Å². The van der Waals surface area contributed by atoms with Gasteiger partial charge in [0.25, 0.3) is 0 Å². The molecule has 9 heteroatoms. The molecule has 0 aromatic carbocycles. The van der Waals surface area contributed by atoms with E-state index in [4.69, 9.17) is 19.8 Å². The second kappa shape index (κ2) is 9.79. The first-order chi connectivity index (χ1) is 15.5. The van der Waals surface area contributed by atoms with E-state index >= 15 is 0 Å². The molecule has 1 aliphatic rings. The number of hydrogen-bond acceptors (Lipinski definition) is 8. The second-order valence-electron chi connectivity index (χ2n) is 8.68. The molecule has 4 rings (SSSR count). The summed E-state index contributed by atoms with van der Waals surface area (Å²) in [6.07, 6.45) is 1.85. The zero-order chi connectivity index (χ0) is 22.7. The monoisotopic (exact) mass is 438 g/mol. The Morgan fingerprint density at radius 2 is 2.12 bits per heavy atom. The van der Waals surface area contributed by atoms with Gasteiger partial charge < -0.3 is 20.3 Å². The van der Waals surface area contributed by atoms with E-state index in [-0.39, 0.29) is 5.92 Å². The highest BCUT2D eigenvalue weighted by molar-refractivity contribution is 5.90. The SMILES string of the molecule is CCOCCn1nc(C(C)C)c2nc(N3CCN[C@H](C)C3)nc(Nc3ccc(C)cn3)c21. The molecule has 1 saturated heterocycles. The van der Waals surface area contributed by atoms with E-state index in [0.717, 1.165) is 59.5 Å². The number of aryl methyl sites for hydroxylation is 1. The molecule has 0 amide bonds. The van der Waals surface area contributed by atoms with Crippen LogP contribution in [0.3, 0.4) is 0 Å². The minimum Gasteiger partial charge on any atom is -0.380 e. The van der Waals surface area contributed by atoms with E-state index in [1.807, 2.05) is 36.9 Å². The lowest BCUT2D eigenvalue weighted by Crippen LogP contribution is -2.49. The second-order valence-corrected chi connectivity index (χ2v) is 8.68. The van der Waals surface area contributed by atoms with Crippen molar-refractivity contribution < 1.29 is 4.74 Å². The average molecular weight is 439 g/mol. The van der Waals surface area contributed by atoms with Crippen molar-refractivity contribution in [1.82, 2.24) is 30.0 Å². The largest absolute Gasteiger partial charge is 0.380 e. The Labute approximate surface area is 189 Å². The zero-order valence-corrected chi connectivity index (χ0v) is 19.7. The highest BCUT2D eigenvalue weighted by atomic mass is 16.5. The maximum Gasteiger partial charge on any atom is 0.228 e. The van der Waals surface area contributed by atoms with Crippen LogP contribution in [0.5, 0.6) is 0 Å². The summed E-state index contributed by atoms with van der Waals surface area (Å²) in [5.41, 5.74) is 3.87. The van der Waals surface area contributed by atoms with E-state index in [2.05, 4.69) is 41.3 Å². The molecule has 1 aliphatic heterocycles. The molecule has 3 aromatic heterocycles. The lowest BCUT2D eigenvalue weighted by Gasteiger charge is -2.32. The first kappa shape index (κ1) is 22.4. The molecule has 0 bridgehead atoms. The summed E-state index contributed by atoms with van der Waals surface area (Å²) in [5.74, 6) is 2.44. The molecule has 9 nitrogen and oxygen atoms in total. The molecule has 0 unspecified atom stereocenters. The third kappa shape index (κ3) is 4.83. The quantitative estimate of drug-likeness (QED) is 0.518. The van der Waals surface area contributed by atoms with Crippen LogP contribution in [0.4, 0.5) is 17.6 Å². The molecule has 0 spiro atoms. The van der Waals surface area contributed by atoms with E-state index < -0.39 is 0 Å². The molecule has 4 heterocycles. The van der Waals surface area contributed by atoms with Gasteiger partial charge in [-0.1, -0.05) is 19.9 Å². The van der Waals surface area contributed by atoms with Gasteiger partial charge in [-0.25, -0.2) is 9.97 Å². The summed E-state index contributed by atoms with van der Waals surface area (Å²) in [5, 5.41) is 11.9. The Balaban J connectivity index is 1.83.